The first-order valence-electron chi connectivity index (χ1n) is 6.95. The van der Waals surface area contributed by atoms with Gasteiger partial charge in [0.25, 0.3) is 0 Å². The number of nitrogens with zero attached hydrogens (tertiary/aromatic N) is 2. The maximum atomic E-state index is 3.55. The second-order valence-corrected chi connectivity index (χ2v) is 4.60. The van der Waals surface area contributed by atoms with Gasteiger partial charge in [0.2, 0.25) is 0 Å². The van der Waals surface area contributed by atoms with Crippen LogP contribution in [0.3, 0.4) is 0 Å². The van der Waals surface area contributed by atoms with Gasteiger partial charge >= 0.3 is 0 Å². The summed E-state index contributed by atoms with van der Waals surface area (Å²) < 4.78 is 0. The van der Waals surface area contributed by atoms with Crippen molar-refractivity contribution in [1.82, 2.24) is 9.80 Å². The van der Waals surface area contributed by atoms with Gasteiger partial charge in [0.05, 0.1) is 0 Å². The van der Waals surface area contributed by atoms with Crippen molar-refractivity contribution in [2.45, 2.75) is 19.8 Å². The summed E-state index contributed by atoms with van der Waals surface area (Å²) in [6, 6.07) is 0. The molecule has 0 radical (unpaired) electrons. The molecular formula is C16H26N2. The van der Waals surface area contributed by atoms with Crippen molar-refractivity contribution in [3.63, 3.8) is 0 Å². The lowest BCUT2D eigenvalue weighted by atomic mass is 10.3. The Labute approximate surface area is 112 Å². The molecule has 0 aromatic carbocycles. The molecule has 1 aliphatic rings. The van der Waals surface area contributed by atoms with Crippen LogP contribution in [0, 0.1) is 0 Å². The molecule has 0 aromatic rings. The summed E-state index contributed by atoms with van der Waals surface area (Å²) in [6.07, 6.45) is 13.0. The molecule has 1 aliphatic heterocycles. The van der Waals surface area contributed by atoms with Crippen molar-refractivity contribution < 1.29 is 0 Å². The largest absolute Gasteiger partial charge is 0.297 e. The highest BCUT2D eigenvalue weighted by Gasteiger charge is 2.13. The molecule has 0 spiro atoms. The second kappa shape index (κ2) is 9.90. The van der Waals surface area contributed by atoms with Gasteiger partial charge in [-0.25, -0.2) is 0 Å². The Morgan fingerprint density at radius 2 is 1.50 bits per heavy atom. The van der Waals surface area contributed by atoms with Crippen LogP contribution in [0.1, 0.15) is 19.8 Å². The lowest BCUT2D eigenvalue weighted by Crippen LogP contribution is -2.46. The van der Waals surface area contributed by atoms with Gasteiger partial charge in [-0.2, -0.15) is 0 Å². The van der Waals surface area contributed by atoms with Crippen molar-refractivity contribution in [3.05, 3.63) is 42.7 Å². The summed E-state index contributed by atoms with van der Waals surface area (Å²) in [6.45, 7) is 12.7. The molecule has 0 aromatic heterocycles. The summed E-state index contributed by atoms with van der Waals surface area (Å²) in [5.41, 5.74) is 2.78. The molecule has 0 bridgehead atoms. The van der Waals surface area contributed by atoms with Gasteiger partial charge in [-0.1, -0.05) is 37.8 Å². The summed E-state index contributed by atoms with van der Waals surface area (Å²) >= 11 is 0. The third-order valence-corrected chi connectivity index (χ3v) is 3.16. The summed E-state index contributed by atoms with van der Waals surface area (Å²) in [7, 11) is 0. The topological polar surface area (TPSA) is 6.48 Å². The van der Waals surface area contributed by atoms with Crippen LogP contribution in [-0.4, -0.2) is 49.1 Å². The minimum absolute atomic E-state index is 0.950. The van der Waals surface area contributed by atoms with Gasteiger partial charge in [-0.05, 0) is 18.9 Å². The van der Waals surface area contributed by atoms with Crippen LogP contribution in [0.25, 0.3) is 0 Å². The van der Waals surface area contributed by atoms with Crippen LogP contribution in [0.5, 0.6) is 0 Å². The number of hydrogen-bond donors (Lipinski definition) is 0. The van der Waals surface area contributed by atoms with Crippen molar-refractivity contribution in [2.24, 2.45) is 0 Å². The molecular weight excluding hydrogens is 220 g/mol. The zero-order valence-electron chi connectivity index (χ0n) is 11.6. The molecule has 1 fully saturated rings. The highest BCUT2D eigenvalue weighted by Crippen LogP contribution is 2.02. The number of rotatable bonds is 7. The van der Waals surface area contributed by atoms with Gasteiger partial charge in [0, 0.05) is 39.3 Å². The number of allylic oxidation sites excluding steroid dienone is 3. The zero-order chi connectivity index (χ0) is 13.1. The van der Waals surface area contributed by atoms with Gasteiger partial charge in [0.1, 0.15) is 0 Å². The van der Waals surface area contributed by atoms with E-state index in [0.717, 1.165) is 25.9 Å². The molecule has 2 heteroatoms. The van der Waals surface area contributed by atoms with E-state index in [4.69, 9.17) is 0 Å². The lowest BCUT2D eigenvalue weighted by Gasteiger charge is -2.33. The van der Waals surface area contributed by atoms with Crippen LogP contribution in [-0.2, 0) is 0 Å². The monoisotopic (exact) mass is 246 g/mol. The Hall–Kier alpha value is -1.08. The van der Waals surface area contributed by atoms with E-state index in [2.05, 4.69) is 53.3 Å². The van der Waals surface area contributed by atoms with E-state index >= 15 is 0 Å². The third kappa shape index (κ3) is 6.61. The SMILES string of the molecule is C=C=CC/C=C/CN1CCN(C/C=C/CC)CC1. The normalized spacial score (nSPS) is 18.5. The van der Waals surface area contributed by atoms with Crippen molar-refractivity contribution in [3.8, 4) is 0 Å². The highest BCUT2D eigenvalue weighted by molar-refractivity contribution is 4.93. The average Bonchev–Trinajstić information content (AvgIpc) is 2.40. The molecule has 0 amide bonds. The molecule has 0 N–H and O–H groups in total. The minimum atomic E-state index is 0.950. The van der Waals surface area contributed by atoms with Gasteiger partial charge in [0.15, 0.2) is 0 Å². The summed E-state index contributed by atoms with van der Waals surface area (Å²) in [5, 5.41) is 0. The molecule has 18 heavy (non-hydrogen) atoms. The van der Waals surface area contributed by atoms with Crippen LogP contribution < -0.4 is 0 Å². The van der Waals surface area contributed by atoms with E-state index < -0.39 is 0 Å². The van der Waals surface area contributed by atoms with E-state index in [9.17, 15) is 0 Å². The van der Waals surface area contributed by atoms with E-state index in [0.29, 0.717) is 0 Å². The Balaban J connectivity index is 2.13. The predicted molar refractivity (Wildman–Crippen MR) is 79.8 cm³/mol. The predicted octanol–water partition coefficient (Wildman–Crippen LogP) is 2.86. The lowest BCUT2D eigenvalue weighted by molar-refractivity contribution is 0.153. The Kier molecular flexibility index (Phi) is 8.24. The standard InChI is InChI=1S/C16H26N2/c1-3-5-7-8-10-12-18-15-13-17(14-16-18)11-9-6-4-2/h5-6,8-10H,1,4,7,11-16H2,2H3/b9-6+,10-8+. The molecule has 1 rings (SSSR count). The van der Waals surface area contributed by atoms with Crippen LogP contribution >= 0.6 is 0 Å². The minimum Gasteiger partial charge on any atom is -0.297 e. The van der Waals surface area contributed by atoms with E-state index in [1.165, 1.54) is 26.2 Å². The van der Waals surface area contributed by atoms with E-state index in [-0.39, 0.29) is 0 Å². The van der Waals surface area contributed by atoms with Crippen molar-refractivity contribution in [1.29, 1.82) is 0 Å². The first-order valence-corrected chi connectivity index (χ1v) is 6.95. The van der Waals surface area contributed by atoms with E-state index in [1.807, 2.05) is 6.08 Å². The molecule has 1 heterocycles. The Morgan fingerprint density at radius 1 is 0.944 bits per heavy atom. The quantitative estimate of drug-likeness (QED) is 0.503. The summed E-state index contributed by atoms with van der Waals surface area (Å²) in [5.74, 6) is 0. The molecule has 1 saturated heterocycles. The fourth-order valence-corrected chi connectivity index (χ4v) is 2.02. The molecule has 0 aliphatic carbocycles. The van der Waals surface area contributed by atoms with Gasteiger partial charge in [-0.3, -0.25) is 9.80 Å². The zero-order valence-corrected chi connectivity index (χ0v) is 11.6. The Bertz CT molecular complexity index is 303. The first kappa shape index (κ1) is 15.0. The smallest absolute Gasteiger partial charge is 0.0164 e. The highest BCUT2D eigenvalue weighted by atomic mass is 15.3. The van der Waals surface area contributed by atoms with Crippen molar-refractivity contribution in [2.75, 3.05) is 39.3 Å². The summed E-state index contributed by atoms with van der Waals surface area (Å²) in [4.78, 5) is 5.03. The molecule has 0 unspecified atom stereocenters. The Morgan fingerprint density at radius 3 is 2.00 bits per heavy atom. The fourth-order valence-electron chi connectivity index (χ4n) is 2.02. The maximum Gasteiger partial charge on any atom is 0.0164 e. The molecule has 100 valence electrons. The second-order valence-electron chi connectivity index (χ2n) is 4.60. The maximum absolute atomic E-state index is 3.55. The van der Waals surface area contributed by atoms with Crippen LogP contribution in [0.15, 0.2) is 42.7 Å². The van der Waals surface area contributed by atoms with Crippen LogP contribution in [0.4, 0.5) is 0 Å². The number of piperazine rings is 1. The van der Waals surface area contributed by atoms with Gasteiger partial charge < -0.3 is 0 Å². The number of hydrogen-bond acceptors (Lipinski definition) is 2. The fraction of sp³-hybridized carbons (Fsp3) is 0.562. The first-order chi connectivity index (χ1) is 8.86. The molecule has 0 saturated carbocycles. The molecule has 2 nitrogen and oxygen atoms in total. The van der Waals surface area contributed by atoms with Crippen molar-refractivity contribution >= 4 is 0 Å². The molecule has 0 atom stereocenters. The van der Waals surface area contributed by atoms with E-state index in [1.54, 1.807) is 0 Å². The van der Waals surface area contributed by atoms with Gasteiger partial charge in [-0.15, -0.1) is 5.73 Å². The average molecular weight is 246 g/mol. The third-order valence-electron chi connectivity index (χ3n) is 3.16. The van der Waals surface area contributed by atoms with Crippen LogP contribution in [0.2, 0.25) is 0 Å².